The summed E-state index contributed by atoms with van der Waals surface area (Å²) in [7, 11) is 0. The second-order valence-corrected chi connectivity index (χ2v) is 4.83. The number of halogens is 2. The van der Waals surface area contributed by atoms with Crippen molar-refractivity contribution in [3.8, 4) is 0 Å². The van der Waals surface area contributed by atoms with Crippen LogP contribution in [0.2, 0.25) is 0 Å². The Balaban J connectivity index is 0.00000180. The molecule has 0 spiro atoms. The number of nitrogens with one attached hydrogen (secondary N) is 1. The monoisotopic (exact) mass is 321 g/mol. The number of benzene rings is 1. The molecule has 7 heteroatoms. The molecule has 114 valence electrons. The Kier molecular flexibility index (Phi) is 8.73. The number of nitro groups is 1. The third-order valence-electron chi connectivity index (χ3n) is 3.32. The van der Waals surface area contributed by atoms with Gasteiger partial charge in [0.2, 0.25) is 0 Å². The van der Waals surface area contributed by atoms with Crippen LogP contribution in [0.3, 0.4) is 0 Å². The summed E-state index contributed by atoms with van der Waals surface area (Å²) in [4.78, 5) is 12.6. The summed E-state index contributed by atoms with van der Waals surface area (Å²) in [6.07, 6.45) is 0.949. The number of hydrogen-bond donors (Lipinski definition) is 1. The van der Waals surface area contributed by atoms with Gasteiger partial charge in [0.15, 0.2) is 0 Å². The average molecular weight is 322 g/mol. The number of rotatable bonds is 4. The molecule has 1 N–H and O–H groups in total. The van der Waals surface area contributed by atoms with Gasteiger partial charge in [0.25, 0.3) is 5.69 Å². The molecule has 0 radical (unpaired) electrons. The van der Waals surface area contributed by atoms with Crippen LogP contribution < -0.4 is 5.32 Å². The fraction of sp³-hybridized carbons (Fsp3) is 0.538. The van der Waals surface area contributed by atoms with Crippen molar-refractivity contribution >= 4 is 30.5 Å². The summed E-state index contributed by atoms with van der Waals surface area (Å²) in [5.41, 5.74) is 1.32. The average Bonchev–Trinajstić information content (AvgIpc) is 2.37. The Morgan fingerprint density at radius 3 is 2.55 bits per heavy atom. The van der Waals surface area contributed by atoms with E-state index in [9.17, 15) is 10.1 Å². The summed E-state index contributed by atoms with van der Waals surface area (Å²) in [6, 6.07) is 7.41. The van der Waals surface area contributed by atoms with Crippen molar-refractivity contribution in [2.45, 2.75) is 19.4 Å². The number of nitrogens with zero attached hydrogens (tertiary/aromatic N) is 2. The molecule has 0 bridgehead atoms. The molecule has 0 unspecified atom stereocenters. The van der Waals surface area contributed by atoms with Crippen molar-refractivity contribution in [3.05, 3.63) is 39.9 Å². The highest BCUT2D eigenvalue weighted by Gasteiger charge is 2.14. The van der Waals surface area contributed by atoms with Crippen LogP contribution in [0.1, 0.15) is 12.5 Å². The summed E-state index contributed by atoms with van der Waals surface area (Å²) in [5.74, 6) is 0. The molecule has 1 saturated heterocycles. The first-order valence-electron chi connectivity index (χ1n) is 6.34. The van der Waals surface area contributed by atoms with Gasteiger partial charge in [-0.15, -0.1) is 24.8 Å². The third kappa shape index (κ3) is 5.63. The Morgan fingerprint density at radius 1 is 1.35 bits per heavy atom. The van der Waals surface area contributed by atoms with Gasteiger partial charge in [-0.05, 0) is 18.9 Å². The van der Waals surface area contributed by atoms with E-state index in [4.69, 9.17) is 0 Å². The van der Waals surface area contributed by atoms with E-state index in [-0.39, 0.29) is 35.4 Å². The van der Waals surface area contributed by atoms with Crippen molar-refractivity contribution in [2.75, 3.05) is 26.2 Å². The van der Waals surface area contributed by atoms with E-state index in [0.29, 0.717) is 6.04 Å². The van der Waals surface area contributed by atoms with E-state index < -0.39 is 0 Å². The molecule has 0 saturated carbocycles. The lowest BCUT2D eigenvalue weighted by Crippen LogP contribution is -2.49. The predicted octanol–water partition coefficient (Wildman–Crippen LogP) is 2.27. The second kappa shape index (κ2) is 9.13. The molecule has 0 amide bonds. The van der Waals surface area contributed by atoms with Crippen LogP contribution in [0.4, 0.5) is 5.69 Å². The van der Waals surface area contributed by atoms with Gasteiger partial charge in [-0.25, -0.2) is 0 Å². The van der Waals surface area contributed by atoms with Gasteiger partial charge in [0, 0.05) is 44.4 Å². The molecule has 1 atom stereocenters. The van der Waals surface area contributed by atoms with Crippen molar-refractivity contribution in [1.82, 2.24) is 10.2 Å². The van der Waals surface area contributed by atoms with E-state index in [1.807, 2.05) is 12.1 Å². The summed E-state index contributed by atoms with van der Waals surface area (Å²) in [6.45, 7) is 6.41. The SMILES string of the molecule is C[C@H]1CN(CCc2ccc([N+](=O)[O-])cc2)CCN1.Cl.Cl. The molecule has 1 aromatic carbocycles. The molecule has 5 nitrogen and oxygen atoms in total. The fourth-order valence-electron chi connectivity index (χ4n) is 2.29. The molecule has 1 aromatic rings. The number of non-ortho nitro benzene ring substituents is 1. The molecular weight excluding hydrogens is 301 g/mol. The lowest BCUT2D eigenvalue weighted by Gasteiger charge is -2.31. The molecule has 1 fully saturated rings. The Hall–Kier alpha value is -0.880. The summed E-state index contributed by atoms with van der Waals surface area (Å²) in [5, 5.41) is 14.0. The van der Waals surface area contributed by atoms with Gasteiger partial charge >= 0.3 is 0 Å². The van der Waals surface area contributed by atoms with Crippen LogP contribution in [0, 0.1) is 10.1 Å². The Labute approximate surface area is 131 Å². The van der Waals surface area contributed by atoms with Crippen molar-refractivity contribution in [1.29, 1.82) is 0 Å². The van der Waals surface area contributed by atoms with Crippen LogP contribution in [0.25, 0.3) is 0 Å². The van der Waals surface area contributed by atoms with Crippen LogP contribution >= 0.6 is 24.8 Å². The first-order valence-corrected chi connectivity index (χ1v) is 6.34. The molecule has 0 aliphatic carbocycles. The van der Waals surface area contributed by atoms with Crippen molar-refractivity contribution < 1.29 is 4.92 Å². The topological polar surface area (TPSA) is 58.4 Å². The van der Waals surface area contributed by atoms with Crippen LogP contribution in [0.15, 0.2) is 24.3 Å². The maximum Gasteiger partial charge on any atom is 0.269 e. The third-order valence-corrected chi connectivity index (χ3v) is 3.32. The van der Waals surface area contributed by atoms with E-state index in [0.717, 1.165) is 38.2 Å². The normalized spacial score (nSPS) is 18.8. The summed E-state index contributed by atoms with van der Waals surface area (Å²) < 4.78 is 0. The zero-order valence-corrected chi connectivity index (χ0v) is 13.1. The molecule has 1 aliphatic heterocycles. The maximum atomic E-state index is 10.5. The first-order chi connectivity index (χ1) is 8.65. The highest BCUT2D eigenvalue weighted by molar-refractivity contribution is 5.85. The van der Waals surface area contributed by atoms with Crippen LogP contribution in [0.5, 0.6) is 0 Å². The highest BCUT2D eigenvalue weighted by Crippen LogP contribution is 2.12. The van der Waals surface area contributed by atoms with Gasteiger partial charge < -0.3 is 10.2 Å². The zero-order chi connectivity index (χ0) is 13.0. The highest BCUT2D eigenvalue weighted by atomic mass is 35.5. The van der Waals surface area contributed by atoms with Gasteiger partial charge in [0.1, 0.15) is 0 Å². The van der Waals surface area contributed by atoms with Gasteiger partial charge in [-0.1, -0.05) is 12.1 Å². The Morgan fingerprint density at radius 2 is 2.00 bits per heavy atom. The lowest BCUT2D eigenvalue weighted by atomic mass is 10.1. The number of nitro benzene ring substituents is 1. The van der Waals surface area contributed by atoms with Crippen LogP contribution in [-0.2, 0) is 6.42 Å². The van der Waals surface area contributed by atoms with Gasteiger partial charge in [-0.3, -0.25) is 10.1 Å². The fourth-order valence-corrected chi connectivity index (χ4v) is 2.29. The first kappa shape index (κ1) is 19.1. The smallest absolute Gasteiger partial charge is 0.269 e. The largest absolute Gasteiger partial charge is 0.312 e. The quantitative estimate of drug-likeness (QED) is 0.682. The molecular formula is C13H21Cl2N3O2. The number of piperazine rings is 1. The lowest BCUT2D eigenvalue weighted by molar-refractivity contribution is -0.384. The minimum Gasteiger partial charge on any atom is -0.312 e. The minimum absolute atomic E-state index is 0. The van der Waals surface area contributed by atoms with E-state index >= 15 is 0 Å². The molecule has 1 aliphatic rings. The Bertz CT molecular complexity index is 415. The maximum absolute atomic E-state index is 10.5. The van der Waals surface area contributed by atoms with Crippen molar-refractivity contribution in [2.24, 2.45) is 0 Å². The second-order valence-electron chi connectivity index (χ2n) is 4.83. The standard InChI is InChI=1S/C13H19N3O2.2ClH/c1-11-10-15(9-7-14-11)8-6-12-2-4-13(5-3-12)16(17)18;;/h2-5,11,14H,6-10H2,1H3;2*1H/t11-;;/m0../s1. The molecule has 20 heavy (non-hydrogen) atoms. The van der Waals surface area contributed by atoms with Gasteiger partial charge in [0.05, 0.1) is 4.92 Å². The van der Waals surface area contributed by atoms with E-state index in [2.05, 4.69) is 17.1 Å². The van der Waals surface area contributed by atoms with Crippen molar-refractivity contribution in [3.63, 3.8) is 0 Å². The van der Waals surface area contributed by atoms with Crippen LogP contribution in [-0.4, -0.2) is 42.0 Å². The summed E-state index contributed by atoms with van der Waals surface area (Å²) >= 11 is 0. The number of hydrogen-bond acceptors (Lipinski definition) is 4. The minimum atomic E-state index is -0.359. The molecule has 0 aromatic heterocycles. The zero-order valence-electron chi connectivity index (χ0n) is 11.4. The molecule has 1 heterocycles. The predicted molar refractivity (Wildman–Crippen MR) is 85.2 cm³/mol. The van der Waals surface area contributed by atoms with Gasteiger partial charge in [-0.2, -0.15) is 0 Å². The van der Waals surface area contributed by atoms with E-state index in [1.165, 1.54) is 0 Å². The molecule has 2 rings (SSSR count). The van der Waals surface area contributed by atoms with E-state index in [1.54, 1.807) is 12.1 Å².